The van der Waals surface area contributed by atoms with Crippen LogP contribution in [-0.4, -0.2) is 36.0 Å². The van der Waals surface area contributed by atoms with E-state index in [1.54, 1.807) is 12.1 Å². The summed E-state index contributed by atoms with van der Waals surface area (Å²) in [5.41, 5.74) is 2.24. The lowest BCUT2D eigenvalue weighted by Crippen LogP contribution is -2.10. The Hall–Kier alpha value is -3.30. The summed E-state index contributed by atoms with van der Waals surface area (Å²) in [5.74, 6) is -0.416. The van der Waals surface area contributed by atoms with Crippen LogP contribution >= 0.6 is 0 Å². The van der Waals surface area contributed by atoms with Crippen LogP contribution in [0.25, 0.3) is 0 Å². The molecule has 0 aliphatic heterocycles. The van der Waals surface area contributed by atoms with Gasteiger partial charge in [0.05, 0.1) is 18.9 Å². The van der Waals surface area contributed by atoms with Crippen LogP contribution in [0.2, 0.25) is 0 Å². The van der Waals surface area contributed by atoms with E-state index < -0.39 is 24.3 Å². The lowest BCUT2D eigenvalue weighted by Gasteiger charge is -2.09. The van der Waals surface area contributed by atoms with Crippen molar-refractivity contribution in [3.8, 4) is 11.5 Å². The fourth-order valence-corrected chi connectivity index (χ4v) is 1.82. The van der Waals surface area contributed by atoms with Gasteiger partial charge in [-0.3, -0.25) is 5.43 Å². The number of aliphatic carboxylic acids is 1. The van der Waals surface area contributed by atoms with E-state index >= 15 is 0 Å². The topological polar surface area (TPSA) is 93.0 Å². The first kappa shape index (κ1) is 19.0. The Bertz CT molecular complexity index is 792. The number of carboxylic acid groups (broad SMARTS) is 1. The first-order valence-corrected chi connectivity index (χ1v) is 7.14. The van der Waals surface area contributed by atoms with Gasteiger partial charge < -0.3 is 14.6 Å². The molecule has 0 bridgehead atoms. The Labute approximate surface area is 146 Å². The van der Waals surface area contributed by atoms with Crippen LogP contribution in [0.15, 0.2) is 41.6 Å². The van der Waals surface area contributed by atoms with Gasteiger partial charge in [-0.25, -0.2) is 9.78 Å². The number of pyridine rings is 1. The highest BCUT2D eigenvalue weighted by atomic mass is 19.4. The predicted molar refractivity (Wildman–Crippen MR) is 86.6 cm³/mol. The number of anilines is 1. The summed E-state index contributed by atoms with van der Waals surface area (Å²) in [5, 5.41) is 12.5. The minimum absolute atomic E-state index is 0.141. The van der Waals surface area contributed by atoms with Crippen molar-refractivity contribution in [1.82, 2.24) is 4.98 Å². The third-order valence-corrected chi connectivity index (χ3v) is 3.02. The summed E-state index contributed by atoms with van der Waals surface area (Å²) in [6, 6.07) is 6.72. The van der Waals surface area contributed by atoms with E-state index in [1.807, 2.05) is 0 Å². The summed E-state index contributed by atoms with van der Waals surface area (Å²) in [6.07, 6.45) is -2.35. The maximum absolute atomic E-state index is 12.5. The van der Waals surface area contributed by atoms with Gasteiger partial charge in [0.25, 0.3) is 0 Å². The van der Waals surface area contributed by atoms with Crippen LogP contribution in [0.4, 0.5) is 19.0 Å². The zero-order valence-electron chi connectivity index (χ0n) is 13.4. The number of aromatic nitrogens is 1. The van der Waals surface area contributed by atoms with Crippen molar-refractivity contribution in [2.24, 2.45) is 5.10 Å². The second kappa shape index (κ2) is 8.19. The molecule has 0 unspecified atom stereocenters. The van der Waals surface area contributed by atoms with Gasteiger partial charge in [-0.15, -0.1) is 0 Å². The van der Waals surface area contributed by atoms with E-state index in [1.165, 1.54) is 19.4 Å². The van der Waals surface area contributed by atoms with Crippen molar-refractivity contribution in [3.05, 3.63) is 47.7 Å². The minimum Gasteiger partial charge on any atom is -0.493 e. The van der Waals surface area contributed by atoms with Crippen LogP contribution in [0, 0.1) is 0 Å². The minimum atomic E-state index is -4.45. The second-order valence-electron chi connectivity index (χ2n) is 4.89. The van der Waals surface area contributed by atoms with Crippen molar-refractivity contribution >= 4 is 18.0 Å². The number of carbonyl (C=O) groups is 1. The molecule has 0 aliphatic carbocycles. The number of alkyl halides is 3. The molecule has 2 aromatic rings. The number of benzene rings is 1. The Kier molecular flexibility index (Phi) is 5.99. The van der Waals surface area contributed by atoms with Crippen LogP contribution in [0.5, 0.6) is 11.5 Å². The highest BCUT2D eigenvalue weighted by molar-refractivity contribution is 5.81. The van der Waals surface area contributed by atoms with Gasteiger partial charge in [0.2, 0.25) is 0 Å². The SMILES string of the molecule is COc1cc(/C=N\Nc2ccc(C(F)(F)F)cn2)ccc1OCC(=O)O. The third kappa shape index (κ3) is 5.36. The van der Waals surface area contributed by atoms with E-state index in [0.717, 1.165) is 12.1 Å². The second-order valence-corrected chi connectivity index (χ2v) is 4.89. The molecule has 1 heterocycles. The average molecular weight is 369 g/mol. The molecule has 0 saturated heterocycles. The van der Waals surface area contributed by atoms with Crippen LogP contribution < -0.4 is 14.9 Å². The fraction of sp³-hybridized carbons (Fsp3) is 0.188. The van der Waals surface area contributed by atoms with Crippen molar-refractivity contribution in [2.75, 3.05) is 19.1 Å². The zero-order chi connectivity index (χ0) is 19.2. The molecule has 0 amide bonds. The Morgan fingerprint density at radius 2 is 2.08 bits per heavy atom. The molecule has 26 heavy (non-hydrogen) atoms. The van der Waals surface area contributed by atoms with Crippen LogP contribution in [0.1, 0.15) is 11.1 Å². The number of rotatable bonds is 7. The number of nitrogens with zero attached hydrogens (tertiary/aromatic N) is 2. The Morgan fingerprint density at radius 3 is 2.65 bits per heavy atom. The molecule has 138 valence electrons. The molecule has 10 heteroatoms. The summed E-state index contributed by atoms with van der Waals surface area (Å²) >= 11 is 0. The standard InChI is InChI=1S/C16H14F3N3O4/c1-25-13-6-10(2-4-12(13)26-9-15(23)24)7-21-22-14-5-3-11(8-20-14)16(17,18)19/h2-8H,9H2,1H3,(H,20,22)(H,23,24)/b21-7-. The monoisotopic (exact) mass is 369 g/mol. The van der Waals surface area contributed by atoms with Crippen LogP contribution in [-0.2, 0) is 11.0 Å². The van der Waals surface area contributed by atoms with E-state index in [9.17, 15) is 18.0 Å². The number of ether oxygens (including phenoxy) is 2. The first-order valence-electron chi connectivity index (χ1n) is 7.14. The van der Waals surface area contributed by atoms with Crippen molar-refractivity contribution in [1.29, 1.82) is 0 Å². The van der Waals surface area contributed by atoms with Gasteiger partial charge in [-0.05, 0) is 35.9 Å². The van der Waals surface area contributed by atoms with Crippen molar-refractivity contribution < 1.29 is 32.5 Å². The number of hydrazone groups is 1. The highest BCUT2D eigenvalue weighted by Gasteiger charge is 2.30. The molecule has 0 aliphatic rings. The predicted octanol–water partition coefficient (Wildman–Crippen LogP) is 3.02. The molecule has 7 nitrogen and oxygen atoms in total. The number of carboxylic acids is 1. The molecule has 0 fully saturated rings. The number of methoxy groups -OCH3 is 1. The molecular weight excluding hydrogens is 355 g/mol. The molecule has 0 saturated carbocycles. The van der Waals surface area contributed by atoms with Crippen molar-refractivity contribution in [3.63, 3.8) is 0 Å². The Balaban J connectivity index is 2.02. The van der Waals surface area contributed by atoms with Crippen LogP contribution in [0.3, 0.4) is 0 Å². The van der Waals surface area contributed by atoms with E-state index in [2.05, 4.69) is 15.5 Å². The number of nitrogens with one attached hydrogen (secondary N) is 1. The number of hydrogen-bond acceptors (Lipinski definition) is 6. The molecular formula is C16H14F3N3O4. The molecule has 2 N–H and O–H groups in total. The van der Waals surface area contributed by atoms with Gasteiger partial charge in [0, 0.05) is 6.20 Å². The normalized spacial score (nSPS) is 11.4. The van der Waals surface area contributed by atoms with E-state index in [0.29, 0.717) is 17.5 Å². The quantitative estimate of drug-likeness (QED) is 0.576. The van der Waals surface area contributed by atoms with Gasteiger partial charge in [0.1, 0.15) is 5.82 Å². The van der Waals surface area contributed by atoms with Gasteiger partial charge >= 0.3 is 12.1 Å². The summed E-state index contributed by atoms with van der Waals surface area (Å²) in [6.45, 7) is -0.509. The maximum Gasteiger partial charge on any atom is 0.417 e. The lowest BCUT2D eigenvalue weighted by molar-refractivity contribution is -0.139. The maximum atomic E-state index is 12.5. The molecule has 1 aromatic carbocycles. The van der Waals surface area contributed by atoms with Gasteiger partial charge in [0.15, 0.2) is 18.1 Å². The lowest BCUT2D eigenvalue weighted by atomic mass is 10.2. The summed E-state index contributed by atoms with van der Waals surface area (Å²) < 4.78 is 47.5. The largest absolute Gasteiger partial charge is 0.493 e. The smallest absolute Gasteiger partial charge is 0.417 e. The van der Waals surface area contributed by atoms with E-state index in [4.69, 9.17) is 14.6 Å². The third-order valence-electron chi connectivity index (χ3n) is 3.02. The highest BCUT2D eigenvalue weighted by Crippen LogP contribution is 2.29. The van der Waals surface area contributed by atoms with E-state index in [-0.39, 0.29) is 11.6 Å². The van der Waals surface area contributed by atoms with Crippen molar-refractivity contribution in [2.45, 2.75) is 6.18 Å². The molecule has 1 aromatic heterocycles. The fourth-order valence-electron chi connectivity index (χ4n) is 1.82. The molecule has 0 atom stereocenters. The van der Waals surface area contributed by atoms with Gasteiger partial charge in [-0.1, -0.05) is 0 Å². The Morgan fingerprint density at radius 1 is 1.31 bits per heavy atom. The zero-order valence-corrected chi connectivity index (χ0v) is 13.4. The first-order chi connectivity index (χ1) is 12.3. The van der Waals surface area contributed by atoms with Gasteiger partial charge in [-0.2, -0.15) is 18.3 Å². The molecule has 2 rings (SSSR count). The average Bonchev–Trinajstić information content (AvgIpc) is 2.60. The summed E-state index contributed by atoms with van der Waals surface area (Å²) in [7, 11) is 1.40. The number of halogens is 3. The molecule has 0 radical (unpaired) electrons. The molecule has 0 spiro atoms. The summed E-state index contributed by atoms with van der Waals surface area (Å²) in [4.78, 5) is 14.1. The number of hydrogen-bond donors (Lipinski definition) is 2.